The predicted molar refractivity (Wildman–Crippen MR) is 63.2 cm³/mol. The van der Waals surface area contributed by atoms with Crippen LogP contribution in [0, 0.1) is 5.92 Å². The van der Waals surface area contributed by atoms with Crippen LogP contribution in [0.5, 0.6) is 0 Å². The Bertz CT molecular complexity index is 306. The molecule has 1 fully saturated rings. The van der Waals surface area contributed by atoms with Gasteiger partial charge in [0.25, 0.3) is 0 Å². The van der Waals surface area contributed by atoms with Gasteiger partial charge in [0.1, 0.15) is 5.15 Å². The van der Waals surface area contributed by atoms with E-state index in [2.05, 4.69) is 16.4 Å². The molecule has 1 saturated heterocycles. The average Bonchev–Trinajstić information content (AvgIpc) is 2.46. The maximum Gasteiger partial charge on any atom is 0.129 e. The average molecular weight is 225 g/mol. The number of hydrogen-bond donors (Lipinski definition) is 1. The van der Waals surface area contributed by atoms with Gasteiger partial charge < -0.3 is 5.32 Å². The van der Waals surface area contributed by atoms with Gasteiger partial charge >= 0.3 is 0 Å². The summed E-state index contributed by atoms with van der Waals surface area (Å²) in [7, 11) is 0. The van der Waals surface area contributed by atoms with Crippen LogP contribution in [-0.4, -0.2) is 18.1 Å². The molecule has 1 unspecified atom stereocenters. The highest BCUT2D eigenvalue weighted by molar-refractivity contribution is 6.29. The zero-order valence-corrected chi connectivity index (χ0v) is 9.63. The standard InChI is InChI=1S/C12H17ClN2/c13-12-9-11(4-7-15-12)8-10-2-1-5-14-6-3-10/h4,7,9-10,14H,1-3,5-6,8H2. The molecule has 1 aliphatic heterocycles. The highest BCUT2D eigenvalue weighted by atomic mass is 35.5. The Kier molecular flexibility index (Phi) is 3.98. The predicted octanol–water partition coefficient (Wildman–Crippen LogP) is 2.67. The Balaban J connectivity index is 1.95. The van der Waals surface area contributed by atoms with Gasteiger partial charge in [-0.3, -0.25) is 0 Å². The van der Waals surface area contributed by atoms with E-state index < -0.39 is 0 Å². The van der Waals surface area contributed by atoms with Crippen LogP contribution in [0.25, 0.3) is 0 Å². The van der Waals surface area contributed by atoms with Crippen molar-refractivity contribution in [3.8, 4) is 0 Å². The first-order valence-electron chi connectivity index (χ1n) is 5.66. The largest absolute Gasteiger partial charge is 0.317 e. The number of halogens is 1. The molecule has 0 aromatic carbocycles. The summed E-state index contributed by atoms with van der Waals surface area (Å²) in [5.41, 5.74) is 1.32. The van der Waals surface area contributed by atoms with Crippen molar-refractivity contribution in [2.24, 2.45) is 5.92 Å². The lowest BCUT2D eigenvalue weighted by atomic mass is 9.93. The van der Waals surface area contributed by atoms with Gasteiger partial charge in [0.05, 0.1) is 0 Å². The van der Waals surface area contributed by atoms with E-state index in [0.717, 1.165) is 18.9 Å². The van der Waals surface area contributed by atoms with Gasteiger partial charge in [-0.1, -0.05) is 11.6 Å². The number of pyridine rings is 1. The maximum absolute atomic E-state index is 5.87. The van der Waals surface area contributed by atoms with Gasteiger partial charge in [-0.15, -0.1) is 0 Å². The van der Waals surface area contributed by atoms with E-state index in [4.69, 9.17) is 11.6 Å². The molecule has 0 spiro atoms. The molecular formula is C12H17ClN2. The molecule has 0 amide bonds. The summed E-state index contributed by atoms with van der Waals surface area (Å²) in [5.74, 6) is 0.804. The minimum absolute atomic E-state index is 0.610. The Morgan fingerprint density at radius 1 is 1.40 bits per heavy atom. The summed E-state index contributed by atoms with van der Waals surface area (Å²) >= 11 is 5.87. The fourth-order valence-corrected chi connectivity index (χ4v) is 2.39. The lowest BCUT2D eigenvalue weighted by Gasteiger charge is -2.13. The fourth-order valence-electron chi connectivity index (χ4n) is 2.20. The third kappa shape index (κ3) is 3.47. The molecule has 3 heteroatoms. The number of nitrogens with one attached hydrogen (secondary N) is 1. The van der Waals surface area contributed by atoms with E-state index in [1.54, 1.807) is 6.20 Å². The fraction of sp³-hybridized carbons (Fsp3) is 0.583. The minimum Gasteiger partial charge on any atom is -0.317 e. The van der Waals surface area contributed by atoms with E-state index in [9.17, 15) is 0 Å². The topological polar surface area (TPSA) is 24.9 Å². The van der Waals surface area contributed by atoms with E-state index in [1.807, 2.05) is 6.07 Å². The van der Waals surface area contributed by atoms with Crippen molar-refractivity contribution in [2.45, 2.75) is 25.7 Å². The van der Waals surface area contributed by atoms with Crippen LogP contribution in [-0.2, 0) is 6.42 Å². The maximum atomic E-state index is 5.87. The summed E-state index contributed by atoms with van der Waals surface area (Å²) in [6, 6.07) is 4.06. The second-order valence-electron chi connectivity index (χ2n) is 4.24. The molecule has 1 aliphatic rings. The monoisotopic (exact) mass is 224 g/mol. The third-order valence-corrected chi connectivity index (χ3v) is 3.22. The van der Waals surface area contributed by atoms with Crippen LogP contribution in [0.1, 0.15) is 24.8 Å². The molecule has 1 atom stereocenters. The quantitative estimate of drug-likeness (QED) is 0.782. The normalized spacial score (nSPS) is 22.3. The third-order valence-electron chi connectivity index (χ3n) is 3.01. The second-order valence-corrected chi connectivity index (χ2v) is 4.63. The lowest BCUT2D eigenvalue weighted by molar-refractivity contribution is 0.470. The summed E-state index contributed by atoms with van der Waals surface area (Å²) in [5, 5.41) is 4.05. The SMILES string of the molecule is Clc1cc(CC2CCCNCC2)ccn1. The number of aromatic nitrogens is 1. The van der Waals surface area contributed by atoms with E-state index >= 15 is 0 Å². The first-order chi connectivity index (χ1) is 7.34. The molecule has 15 heavy (non-hydrogen) atoms. The molecule has 1 aromatic heterocycles. The van der Waals surface area contributed by atoms with Crippen LogP contribution >= 0.6 is 11.6 Å². The van der Waals surface area contributed by atoms with Crippen LogP contribution < -0.4 is 5.32 Å². The van der Waals surface area contributed by atoms with Crippen molar-refractivity contribution in [3.05, 3.63) is 29.0 Å². The summed E-state index contributed by atoms with van der Waals surface area (Å²) in [4.78, 5) is 4.00. The van der Waals surface area contributed by atoms with Crippen LogP contribution in [0.15, 0.2) is 18.3 Å². The van der Waals surface area contributed by atoms with Crippen molar-refractivity contribution in [1.29, 1.82) is 0 Å². The zero-order chi connectivity index (χ0) is 10.5. The lowest BCUT2D eigenvalue weighted by Crippen LogP contribution is -2.14. The number of hydrogen-bond acceptors (Lipinski definition) is 2. The summed E-state index contributed by atoms with van der Waals surface area (Å²) in [6.07, 6.45) is 6.84. The Labute approximate surface area is 96.1 Å². The molecule has 2 nitrogen and oxygen atoms in total. The van der Waals surface area contributed by atoms with E-state index in [0.29, 0.717) is 5.15 Å². The Hall–Kier alpha value is -0.600. The molecule has 0 radical (unpaired) electrons. The van der Waals surface area contributed by atoms with Gasteiger partial charge in [0.2, 0.25) is 0 Å². The molecule has 1 aromatic rings. The Morgan fingerprint density at radius 2 is 2.33 bits per heavy atom. The highest BCUT2D eigenvalue weighted by Crippen LogP contribution is 2.20. The summed E-state index contributed by atoms with van der Waals surface area (Å²) in [6.45, 7) is 2.33. The number of nitrogens with zero attached hydrogens (tertiary/aromatic N) is 1. The summed E-state index contributed by atoms with van der Waals surface area (Å²) < 4.78 is 0. The zero-order valence-electron chi connectivity index (χ0n) is 8.88. The van der Waals surface area contributed by atoms with Crippen LogP contribution in [0.4, 0.5) is 0 Å². The molecule has 0 aliphatic carbocycles. The first-order valence-corrected chi connectivity index (χ1v) is 6.03. The smallest absolute Gasteiger partial charge is 0.129 e. The van der Waals surface area contributed by atoms with Gasteiger partial charge in [0.15, 0.2) is 0 Å². The van der Waals surface area contributed by atoms with Gasteiger partial charge in [0, 0.05) is 6.20 Å². The second kappa shape index (κ2) is 5.47. The van der Waals surface area contributed by atoms with E-state index in [-0.39, 0.29) is 0 Å². The van der Waals surface area contributed by atoms with Crippen molar-refractivity contribution in [1.82, 2.24) is 10.3 Å². The first kappa shape index (κ1) is 10.9. The molecular weight excluding hydrogens is 208 g/mol. The minimum atomic E-state index is 0.610. The molecule has 1 N–H and O–H groups in total. The van der Waals surface area contributed by atoms with Crippen LogP contribution in [0.2, 0.25) is 5.15 Å². The van der Waals surface area contributed by atoms with E-state index in [1.165, 1.54) is 31.4 Å². The van der Waals surface area contributed by atoms with Gasteiger partial charge in [-0.05, 0) is 62.4 Å². The van der Waals surface area contributed by atoms with Gasteiger partial charge in [-0.2, -0.15) is 0 Å². The van der Waals surface area contributed by atoms with Crippen molar-refractivity contribution in [3.63, 3.8) is 0 Å². The molecule has 82 valence electrons. The van der Waals surface area contributed by atoms with Crippen molar-refractivity contribution < 1.29 is 0 Å². The molecule has 0 bridgehead atoms. The van der Waals surface area contributed by atoms with Crippen molar-refractivity contribution in [2.75, 3.05) is 13.1 Å². The highest BCUT2D eigenvalue weighted by Gasteiger charge is 2.12. The van der Waals surface area contributed by atoms with Crippen molar-refractivity contribution >= 4 is 11.6 Å². The molecule has 2 rings (SSSR count). The van der Waals surface area contributed by atoms with Crippen LogP contribution in [0.3, 0.4) is 0 Å². The number of rotatable bonds is 2. The molecule has 0 saturated carbocycles. The molecule has 2 heterocycles. The van der Waals surface area contributed by atoms with Gasteiger partial charge in [-0.25, -0.2) is 4.98 Å². The Morgan fingerprint density at radius 3 is 3.20 bits per heavy atom.